The molecule has 2 aliphatic rings. The highest BCUT2D eigenvalue weighted by atomic mass is 16.8. The molecule has 5 rings (SSSR count). The summed E-state index contributed by atoms with van der Waals surface area (Å²) in [6, 6.07) is 6.22. The first-order valence-corrected chi connectivity index (χ1v) is 14.6. The minimum absolute atomic E-state index is 0.0585. The van der Waals surface area contributed by atoms with Crippen molar-refractivity contribution in [2.75, 3.05) is 19.7 Å². The highest BCUT2D eigenvalue weighted by molar-refractivity contribution is 6.09. The quantitative estimate of drug-likeness (QED) is 0.325. The number of carbonyl (C=O) groups is 2. The molecule has 1 saturated heterocycles. The van der Waals surface area contributed by atoms with Crippen LogP contribution in [-0.4, -0.2) is 63.4 Å². The van der Waals surface area contributed by atoms with Crippen LogP contribution in [0.15, 0.2) is 24.5 Å². The molecular weight excluding hydrogens is 522 g/mol. The van der Waals surface area contributed by atoms with Crippen LogP contribution < -0.4 is 10.1 Å². The Kier molecular flexibility index (Phi) is 8.22. The Morgan fingerprint density at radius 1 is 1.12 bits per heavy atom. The van der Waals surface area contributed by atoms with Crippen molar-refractivity contribution in [3.63, 3.8) is 0 Å². The zero-order valence-corrected chi connectivity index (χ0v) is 24.9. The summed E-state index contributed by atoms with van der Waals surface area (Å²) in [5, 5.41) is 4.74. The fourth-order valence-corrected chi connectivity index (χ4v) is 5.04. The number of hydrogen-bond acceptors (Lipinski definition) is 8. The predicted octanol–water partition coefficient (Wildman–Crippen LogP) is 5.91. The normalized spacial score (nSPS) is 16.7. The van der Waals surface area contributed by atoms with Gasteiger partial charge in [-0.15, -0.1) is 5.06 Å². The summed E-state index contributed by atoms with van der Waals surface area (Å²) in [5.74, 6) is 1.57. The van der Waals surface area contributed by atoms with Crippen LogP contribution >= 0.6 is 0 Å². The largest absolute Gasteiger partial charge is 0.528 e. The van der Waals surface area contributed by atoms with Crippen LogP contribution in [-0.2, 0) is 9.57 Å². The summed E-state index contributed by atoms with van der Waals surface area (Å²) in [4.78, 5) is 43.4. The number of piperidine rings is 1. The van der Waals surface area contributed by atoms with Crippen molar-refractivity contribution in [3.8, 4) is 17.0 Å². The SMILES string of the molecule is Cc1[nH]c2c(-c3cc(C(C)C)ccc3OCC3CC3)ncnc2c1C(=O)NC1CCN(OC(=O)OC(C)(C)C)CC1. The Morgan fingerprint density at radius 2 is 1.85 bits per heavy atom. The van der Waals surface area contributed by atoms with Crippen LogP contribution in [0.3, 0.4) is 0 Å². The minimum Gasteiger partial charge on any atom is -0.493 e. The van der Waals surface area contributed by atoms with Gasteiger partial charge in [0, 0.05) is 30.4 Å². The van der Waals surface area contributed by atoms with Gasteiger partial charge in [-0.2, -0.15) is 0 Å². The maximum atomic E-state index is 13.5. The minimum atomic E-state index is -0.718. The van der Waals surface area contributed by atoms with Crippen LogP contribution in [0.5, 0.6) is 5.75 Å². The molecule has 1 aliphatic carbocycles. The van der Waals surface area contributed by atoms with Crippen LogP contribution in [0, 0.1) is 12.8 Å². The lowest BCUT2D eigenvalue weighted by Crippen LogP contribution is -2.45. The fraction of sp³-hybridized carbons (Fsp3) is 0.548. The van der Waals surface area contributed by atoms with E-state index < -0.39 is 11.8 Å². The maximum Gasteiger partial charge on any atom is 0.528 e. The number of aromatic nitrogens is 3. The summed E-state index contributed by atoms with van der Waals surface area (Å²) in [7, 11) is 0. The molecule has 2 fully saturated rings. The van der Waals surface area contributed by atoms with Gasteiger partial charge in [-0.05, 0) is 82.9 Å². The van der Waals surface area contributed by atoms with E-state index in [0.717, 1.165) is 22.7 Å². The maximum absolute atomic E-state index is 13.5. The number of fused-ring (bicyclic) bond motifs is 1. The number of amides is 1. The summed E-state index contributed by atoms with van der Waals surface area (Å²) >= 11 is 0. The fourth-order valence-electron chi connectivity index (χ4n) is 5.04. The molecule has 0 unspecified atom stereocenters. The first-order valence-electron chi connectivity index (χ1n) is 14.6. The topological polar surface area (TPSA) is 119 Å². The average molecular weight is 564 g/mol. The third kappa shape index (κ3) is 6.98. The van der Waals surface area contributed by atoms with Crippen molar-refractivity contribution in [3.05, 3.63) is 41.3 Å². The second-order valence-electron chi connectivity index (χ2n) is 12.5. The molecule has 3 aromatic rings. The summed E-state index contributed by atoms with van der Waals surface area (Å²) in [6.07, 6.45) is 4.49. The Balaban J connectivity index is 1.33. The molecule has 2 N–H and O–H groups in total. The van der Waals surface area contributed by atoms with E-state index in [1.807, 2.05) is 13.0 Å². The van der Waals surface area contributed by atoms with Gasteiger partial charge in [0.2, 0.25) is 0 Å². The number of ether oxygens (including phenoxy) is 2. The second kappa shape index (κ2) is 11.7. The van der Waals surface area contributed by atoms with E-state index in [1.54, 1.807) is 25.8 Å². The predicted molar refractivity (Wildman–Crippen MR) is 156 cm³/mol. The van der Waals surface area contributed by atoms with E-state index in [2.05, 4.69) is 46.2 Å². The number of hydroxylamine groups is 2. The number of aromatic amines is 1. The first-order chi connectivity index (χ1) is 19.5. The number of aryl methyl sites for hydroxylation is 1. The van der Waals surface area contributed by atoms with Gasteiger partial charge in [-0.3, -0.25) is 4.79 Å². The number of benzene rings is 1. The van der Waals surface area contributed by atoms with Crippen LogP contribution in [0.1, 0.15) is 87.8 Å². The number of nitrogens with one attached hydrogen (secondary N) is 2. The Morgan fingerprint density at radius 3 is 2.51 bits per heavy atom. The van der Waals surface area contributed by atoms with E-state index in [1.165, 1.54) is 24.7 Å². The zero-order chi connectivity index (χ0) is 29.3. The van der Waals surface area contributed by atoms with Gasteiger partial charge in [-0.25, -0.2) is 14.8 Å². The Labute approximate surface area is 241 Å². The third-order valence-electron chi connectivity index (χ3n) is 7.48. The van der Waals surface area contributed by atoms with E-state index in [-0.39, 0.29) is 11.9 Å². The summed E-state index contributed by atoms with van der Waals surface area (Å²) in [6.45, 7) is 13.3. The van der Waals surface area contributed by atoms with Gasteiger partial charge >= 0.3 is 6.16 Å². The van der Waals surface area contributed by atoms with Gasteiger partial charge in [0.15, 0.2) is 0 Å². The smallest absolute Gasteiger partial charge is 0.493 e. The second-order valence-corrected chi connectivity index (χ2v) is 12.5. The van der Waals surface area contributed by atoms with Gasteiger partial charge in [0.05, 0.1) is 17.7 Å². The highest BCUT2D eigenvalue weighted by Gasteiger charge is 2.29. The molecule has 1 saturated carbocycles. The molecule has 10 heteroatoms. The molecule has 10 nitrogen and oxygen atoms in total. The average Bonchev–Trinajstić information content (AvgIpc) is 3.66. The van der Waals surface area contributed by atoms with Gasteiger partial charge in [0.25, 0.3) is 5.91 Å². The van der Waals surface area contributed by atoms with Crippen molar-refractivity contribution in [2.45, 2.75) is 84.8 Å². The lowest BCUT2D eigenvalue weighted by molar-refractivity contribution is -0.152. The van der Waals surface area contributed by atoms with Crippen molar-refractivity contribution >= 4 is 23.1 Å². The van der Waals surface area contributed by atoms with E-state index in [0.29, 0.717) is 61.0 Å². The Hall–Kier alpha value is -3.66. The van der Waals surface area contributed by atoms with Crippen LogP contribution in [0.4, 0.5) is 4.79 Å². The lowest BCUT2D eigenvalue weighted by Gasteiger charge is -2.31. The number of carbonyl (C=O) groups excluding carboxylic acids is 2. The summed E-state index contributed by atoms with van der Waals surface area (Å²) in [5.41, 5.74) is 4.72. The molecule has 220 valence electrons. The molecule has 2 aromatic heterocycles. The van der Waals surface area contributed by atoms with E-state index in [4.69, 9.17) is 14.3 Å². The molecular formula is C31H41N5O5. The molecule has 0 radical (unpaired) electrons. The lowest BCUT2D eigenvalue weighted by atomic mass is 9.98. The van der Waals surface area contributed by atoms with E-state index >= 15 is 0 Å². The Bertz CT molecular complexity index is 1410. The molecule has 0 spiro atoms. The standard InChI is InChI=1S/C31H41N5O5/c1-18(2)21-9-10-24(39-16-20-7-8-20)23(15-21)26-28-27(33-17-32-26)25(19(3)34-28)29(37)35-22-11-13-36(14-12-22)41-30(38)40-31(4,5)6/h9-10,15,17-18,20,22,34H,7-8,11-14,16H2,1-6H3,(H,35,37). The first kappa shape index (κ1) is 28.9. The number of nitrogens with zero attached hydrogens (tertiary/aromatic N) is 3. The summed E-state index contributed by atoms with van der Waals surface area (Å²) < 4.78 is 11.5. The number of hydrogen-bond donors (Lipinski definition) is 2. The number of rotatable bonds is 8. The molecule has 0 bridgehead atoms. The third-order valence-corrected chi connectivity index (χ3v) is 7.48. The van der Waals surface area contributed by atoms with Gasteiger partial charge in [0.1, 0.15) is 28.9 Å². The van der Waals surface area contributed by atoms with Crippen LogP contribution in [0.25, 0.3) is 22.3 Å². The molecule has 1 amide bonds. The molecule has 0 atom stereocenters. The monoisotopic (exact) mass is 563 g/mol. The van der Waals surface area contributed by atoms with Gasteiger partial charge in [-0.1, -0.05) is 19.9 Å². The zero-order valence-electron chi connectivity index (χ0n) is 24.9. The number of H-pyrrole nitrogens is 1. The highest BCUT2D eigenvalue weighted by Crippen LogP contribution is 2.38. The molecule has 1 aliphatic heterocycles. The molecule has 41 heavy (non-hydrogen) atoms. The van der Waals surface area contributed by atoms with Crippen LogP contribution in [0.2, 0.25) is 0 Å². The van der Waals surface area contributed by atoms with Crippen molar-refractivity contribution in [2.24, 2.45) is 5.92 Å². The van der Waals surface area contributed by atoms with Crippen molar-refractivity contribution in [1.82, 2.24) is 25.3 Å². The van der Waals surface area contributed by atoms with E-state index in [9.17, 15) is 9.59 Å². The molecule has 3 heterocycles. The van der Waals surface area contributed by atoms with Gasteiger partial charge < -0.3 is 24.6 Å². The molecule has 1 aromatic carbocycles. The van der Waals surface area contributed by atoms with Crippen molar-refractivity contribution < 1.29 is 23.9 Å². The van der Waals surface area contributed by atoms with Crippen molar-refractivity contribution in [1.29, 1.82) is 0 Å².